The second-order valence-corrected chi connectivity index (χ2v) is 2.23. The zero-order chi connectivity index (χ0) is 9.84. The van der Waals surface area contributed by atoms with E-state index in [1.165, 1.54) is 0 Å². The molecule has 66 valence electrons. The molecular weight excluding hydrogens is 178 g/mol. The van der Waals surface area contributed by atoms with Crippen LogP contribution in [0.3, 0.4) is 0 Å². The van der Waals surface area contributed by atoms with Gasteiger partial charge in [0.25, 0.3) is 6.43 Å². The number of hydrogen-bond donors (Lipinski definition) is 0. The van der Waals surface area contributed by atoms with Crippen LogP contribution < -0.4 is 0 Å². The SMILES string of the molecule is N#Cc1cc(C=O)c(C(F)F)cn1. The third kappa shape index (κ3) is 1.85. The highest BCUT2D eigenvalue weighted by molar-refractivity contribution is 5.77. The van der Waals surface area contributed by atoms with Crippen molar-refractivity contribution in [2.24, 2.45) is 0 Å². The van der Waals surface area contributed by atoms with E-state index in [9.17, 15) is 13.6 Å². The van der Waals surface area contributed by atoms with Gasteiger partial charge in [-0.25, -0.2) is 13.8 Å². The molecule has 0 spiro atoms. The number of aldehydes is 1. The second-order valence-electron chi connectivity index (χ2n) is 2.23. The topological polar surface area (TPSA) is 53.8 Å². The van der Waals surface area contributed by atoms with Crippen LogP contribution in [-0.2, 0) is 0 Å². The third-order valence-electron chi connectivity index (χ3n) is 1.44. The van der Waals surface area contributed by atoms with Crippen LogP contribution in [0.2, 0.25) is 0 Å². The Morgan fingerprint density at radius 3 is 2.77 bits per heavy atom. The van der Waals surface area contributed by atoms with Crippen molar-refractivity contribution in [3.8, 4) is 6.07 Å². The molecule has 0 N–H and O–H groups in total. The Bertz CT molecular complexity index is 371. The Morgan fingerprint density at radius 1 is 1.62 bits per heavy atom. The molecule has 0 aliphatic rings. The molecule has 0 atom stereocenters. The van der Waals surface area contributed by atoms with Gasteiger partial charge in [0.15, 0.2) is 6.29 Å². The minimum absolute atomic E-state index is 0.0495. The summed E-state index contributed by atoms with van der Waals surface area (Å²) < 4.78 is 24.3. The number of hydrogen-bond acceptors (Lipinski definition) is 3. The molecule has 0 aliphatic carbocycles. The summed E-state index contributed by atoms with van der Waals surface area (Å²) in [6, 6.07) is 2.69. The van der Waals surface area contributed by atoms with Gasteiger partial charge in [-0.2, -0.15) is 5.26 Å². The fraction of sp³-hybridized carbons (Fsp3) is 0.125. The van der Waals surface area contributed by atoms with Crippen LogP contribution in [0, 0.1) is 11.3 Å². The van der Waals surface area contributed by atoms with Crippen LogP contribution in [0.1, 0.15) is 28.0 Å². The van der Waals surface area contributed by atoms with Crippen LogP contribution >= 0.6 is 0 Å². The maximum absolute atomic E-state index is 12.2. The molecule has 0 aromatic carbocycles. The summed E-state index contributed by atoms with van der Waals surface area (Å²) in [5.74, 6) is 0. The molecule has 0 bridgehead atoms. The van der Waals surface area contributed by atoms with Gasteiger partial charge in [-0.1, -0.05) is 0 Å². The maximum atomic E-state index is 12.2. The van der Waals surface area contributed by atoms with Crippen LogP contribution in [0.4, 0.5) is 8.78 Å². The summed E-state index contributed by atoms with van der Waals surface area (Å²) in [6.07, 6.45) is -1.63. The lowest BCUT2D eigenvalue weighted by Crippen LogP contribution is -1.96. The number of carbonyl (C=O) groups is 1. The lowest BCUT2D eigenvalue weighted by molar-refractivity contribution is 0.110. The summed E-state index contributed by atoms with van der Waals surface area (Å²) in [4.78, 5) is 13.8. The maximum Gasteiger partial charge on any atom is 0.266 e. The zero-order valence-corrected chi connectivity index (χ0v) is 6.37. The van der Waals surface area contributed by atoms with Gasteiger partial charge < -0.3 is 0 Å². The van der Waals surface area contributed by atoms with Crippen LogP contribution in [0.25, 0.3) is 0 Å². The normalized spacial score (nSPS) is 9.69. The highest BCUT2D eigenvalue weighted by Gasteiger charge is 2.13. The van der Waals surface area contributed by atoms with E-state index in [-0.39, 0.29) is 17.5 Å². The highest BCUT2D eigenvalue weighted by Crippen LogP contribution is 2.21. The van der Waals surface area contributed by atoms with Crippen molar-refractivity contribution >= 4 is 6.29 Å². The summed E-state index contributed by atoms with van der Waals surface area (Å²) >= 11 is 0. The van der Waals surface area contributed by atoms with Crippen molar-refractivity contribution in [1.82, 2.24) is 4.98 Å². The molecule has 0 saturated carbocycles. The molecule has 0 aliphatic heterocycles. The van der Waals surface area contributed by atoms with Crippen LogP contribution in [0.15, 0.2) is 12.3 Å². The van der Waals surface area contributed by atoms with Gasteiger partial charge in [0.2, 0.25) is 0 Å². The van der Waals surface area contributed by atoms with Crippen molar-refractivity contribution in [3.05, 3.63) is 29.1 Å². The van der Waals surface area contributed by atoms with E-state index in [1.54, 1.807) is 6.07 Å². The lowest BCUT2D eigenvalue weighted by Gasteiger charge is -2.01. The van der Waals surface area contributed by atoms with Gasteiger partial charge in [-0.05, 0) is 6.07 Å². The van der Waals surface area contributed by atoms with Crippen LogP contribution in [0.5, 0.6) is 0 Å². The van der Waals surface area contributed by atoms with Gasteiger partial charge in [-0.3, -0.25) is 4.79 Å². The average molecular weight is 182 g/mol. The minimum atomic E-state index is -2.75. The lowest BCUT2D eigenvalue weighted by atomic mass is 10.1. The molecule has 1 aromatic rings. The number of alkyl halides is 2. The van der Waals surface area contributed by atoms with Gasteiger partial charge in [0, 0.05) is 17.3 Å². The molecule has 13 heavy (non-hydrogen) atoms. The smallest absolute Gasteiger partial charge is 0.266 e. The van der Waals surface area contributed by atoms with E-state index in [0.29, 0.717) is 0 Å². The van der Waals surface area contributed by atoms with E-state index >= 15 is 0 Å². The average Bonchev–Trinajstić information content (AvgIpc) is 2.16. The quantitative estimate of drug-likeness (QED) is 0.654. The molecule has 1 heterocycles. The van der Waals surface area contributed by atoms with Crippen molar-refractivity contribution in [3.63, 3.8) is 0 Å². The van der Waals surface area contributed by atoms with Gasteiger partial charge in [0.1, 0.15) is 11.8 Å². The first-order chi connectivity index (χ1) is 6.19. The summed E-state index contributed by atoms with van der Waals surface area (Å²) in [7, 11) is 0. The third-order valence-corrected chi connectivity index (χ3v) is 1.44. The number of rotatable bonds is 2. The van der Waals surface area contributed by atoms with E-state index in [2.05, 4.69) is 4.98 Å². The van der Waals surface area contributed by atoms with Gasteiger partial charge >= 0.3 is 0 Å². The first-order valence-corrected chi connectivity index (χ1v) is 3.32. The Balaban J connectivity index is 3.25. The highest BCUT2D eigenvalue weighted by atomic mass is 19.3. The van der Waals surface area contributed by atoms with Crippen molar-refractivity contribution in [2.75, 3.05) is 0 Å². The Labute approximate surface area is 72.6 Å². The van der Waals surface area contributed by atoms with Crippen LogP contribution in [-0.4, -0.2) is 11.3 Å². The number of aromatic nitrogens is 1. The van der Waals surface area contributed by atoms with E-state index in [1.807, 2.05) is 0 Å². The number of carbonyl (C=O) groups excluding carboxylic acids is 1. The number of halogens is 2. The fourth-order valence-corrected chi connectivity index (χ4v) is 0.827. The molecule has 5 heteroatoms. The molecule has 0 saturated heterocycles. The molecule has 0 amide bonds. The van der Waals surface area contributed by atoms with E-state index in [0.717, 1.165) is 12.3 Å². The summed E-state index contributed by atoms with van der Waals surface area (Å²) in [5, 5.41) is 8.37. The van der Waals surface area contributed by atoms with E-state index < -0.39 is 12.0 Å². The first kappa shape index (κ1) is 9.26. The Morgan fingerprint density at radius 2 is 2.31 bits per heavy atom. The van der Waals surface area contributed by atoms with Crippen molar-refractivity contribution < 1.29 is 13.6 Å². The zero-order valence-electron chi connectivity index (χ0n) is 6.37. The molecule has 1 aromatic heterocycles. The summed E-state index contributed by atoms with van der Waals surface area (Å²) in [6.45, 7) is 0. The van der Waals surface area contributed by atoms with Crippen molar-refractivity contribution in [2.45, 2.75) is 6.43 Å². The molecule has 1 rings (SSSR count). The predicted octanol–water partition coefficient (Wildman–Crippen LogP) is 1.70. The number of nitriles is 1. The predicted molar refractivity (Wildman–Crippen MR) is 39.3 cm³/mol. The first-order valence-electron chi connectivity index (χ1n) is 3.32. The number of pyridine rings is 1. The second kappa shape index (κ2) is 3.72. The molecular formula is C8H4F2N2O. The largest absolute Gasteiger partial charge is 0.298 e. The standard InChI is InChI=1S/C8H4F2N2O/c9-8(10)7-3-12-6(2-11)1-5(7)4-13/h1,3-4,8H. The number of nitrogens with zero attached hydrogens (tertiary/aromatic N) is 2. The monoisotopic (exact) mass is 182 g/mol. The van der Waals surface area contributed by atoms with Gasteiger partial charge in [0.05, 0.1) is 0 Å². The molecule has 3 nitrogen and oxygen atoms in total. The van der Waals surface area contributed by atoms with E-state index in [4.69, 9.17) is 5.26 Å². The summed E-state index contributed by atoms with van der Waals surface area (Å²) in [5.41, 5.74) is -0.693. The molecule has 0 radical (unpaired) electrons. The Hall–Kier alpha value is -1.83. The van der Waals surface area contributed by atoms with Gasteiger partial charge in [-0.15, -0.1) is 0 Å². The Kier molecular flexibility index (Phi) is 2.65. The molecule has 0 fully saturated rings. The fourth-order valence-electron chi connectivity index (χ4n) is 0.827. The minimum Gasteiger partial charge on any atom is -0.298 e. The van der Waals surface area contributed by atoms with Crippen molar-refractivity contribution in [1.29, 1.82) is 5.26 Å². The molecule has 0 unspecified atom stereocenters.